The summed E-state index contributed by atoms with van der Waals surface area (Å²) in [7, 11) is 0. The van der Waals surface area contributed by atoms with Crippen molar-refractivity contribution in [2.24, 2.45) is 0 Å². The number of rotatable bonds is 5. The van der Waals surface area contributed by atoms with Crippen molar-refractivity contribution in [2.75, 3.05) is 6.61 Å². The van der Waals surface area contributed by atoms with Gasteiger partial charge < -0.3 is 9.84 Å². The van der Waals surface area contributed by atoms with E-state index in [4.69, 9.17) is 16.3 Å². The van der Waals surface area contributed by atoms with Crippen molar-refractivity contribution in [2.45, 2.75) is 32.5 Å². The molecule has 0 saturated heterocycles. The van der Waals surface area contributed by atoms with E-state index in [1.54, 1.807) is 0 Å². The largest absolute Gasteiger partial charge is 0.390 e. The molecule has 0 heterocycles. The second-order valence-electron chi connectivity index (χ2n) is 3.98. The molecule has 0 amide bonds. The van der Waals surface area contributed by atoms with Crippen LogP contribution in [0.1, 0.15) is 19.4 Å². The zero-order chi connectivity index (χ0) is 12.1. The number of hydrogen-bond donors (Lipinski definition) is 1. The van der Waals surface area contributed by atoms with Crippen LogP contribution < -0.4 is 0 Å². The molecule has 1 N–H and O–H groups in total. The molecule has 0 aliphatic heterocycles. The van der Waals surface area contributed by atoms with Crippen LogP contribution in [0.2, 0.25) is 5.02 Å². The van der Waals surface area contributed by atoms with Gasteiger partial charge in [-0.15, -0.1) is 0 Å². The van der Waals surface area contributed by atoms with E-state index in [1.807, 2.05) is 13.8 Å². The van der Waals surface area contributed by atoms with Crippen LogP contribution in [0.4, 0.5) is 4.39 Å². The predicted molar refractivity (Wildman–Crippen MR) is 62.2 cm³/mol. The van der Waals surface area contributed by atoms with Crippen LogP contribution in [-0.4, -0.2) is 23.9 Å². The van der Waals surface area contributed by atoms with E-state index in [1.165, 1.54) is 18.2 Å². The fraction of sp³-hybridized carbons (Fsp3) is 0.500. The molecule has 1 rings (SSSR count). The van der Waals surface area contributed by atoms with Gasteiger partial charge in [0.15, 0.2) is 0 Å². The summed E-state index contributed by atoms with van der Waals surface area (Å²) < 4.78 is 18.2. The summed E-state index contributed by atoms with van der Waals surface area (Å²) in [6.07, 6.45) is -0.303. The molecular formula is C12H16ClFO2. The lowest BCUT2D eigenvalue weighted by atomic mass is 10.1. The Labute approximate surface area is 100.0 Å². The van der Waals surface area contributed by atoms with Crippen LogP contribution in [0.5, 0.6) is 0 Å². The third kappa shape index (κ3) is 4.47. The van der Waals surface area contributed by atoms with Crippen molar-refractivity contribution < 1.29 is 14.2 Å². The summed E-state index contributed by atoms with van der Waals surface area (Å²) in [6, 6.07) is 4.12. The van der Waals surface area contributed by atoms with Crippen molar-refractivity contribution in [3.05, 3.63) is 34.6 Å². The molecule has 0 aliphatic rings. The highest BCUT2D eigenvalue weighted by molar-refractivity contribution is 6.31. The monoisotopic (exact) mass is 246 g/mol. The lowest BCUT2D eigenvalue weighted by molar-refractivity contribution is 0.00620. The highest BCUT2D eigenvalue weighted by Crippen LogP contribution is 2.18. The number of hydrogen-bond acceptors (Lipinski definition) is 2. The molecule has 90 valence electrons. The van der Waals surface area contributed by atoms with Crippen LogP contribution >= 0.6 is 11.6 Å². The highest BCUT2D eigenvalue weighted by Gasteiger charge is 2.10. The van der Waals surface area contributed by atoms with Gasteiger partial charge in [0.25, 0.3) is 0 Å². The molecule has 0 fully saturated rings. The Balaban J connectivity index is 2.55. The molecule has 0 aromatic heterocycles. The van der Waals surface area contributed by atoms with Crippen molar-refractivity contribution in [1.82, 2.24) is 0 Å². The minimum atomic E-state index is -0.665. The maximum Gasteiger partial charge on any atom is 0.123 e. The number of aliphatic hydroxyl groups is 1. The zero-order valence-corrected chi connectivity index (χ0v) is 10.2. The van der Waals surface area contributed by atoms with Crippen molar-refractivity contribution in [3.8, 4) is 0 Å². The van der Waals surface area contributed by atoms with Gasteiger partial charge in [0.2, 0.25) is 0 Å². The van der Waals surface area contributed by atoms with E-state index in [9.17, 15) is 9.50 Å². The molecule has 0 saturated carbocycles. The average molecular weight is 247 g/mol. The van der Waals surface area contributed by atoms with Crippen molar-refractivity contribution >= 4 is 11.6 Å². The molecule has 0 radical (unpaired) electrons. The highest BCUT2D eigenvalue weighted by atomic mass is 35.5. The van der Waals surface area contributed by atoms with E-state index >= 15 is 0 Å². The first-order valence-corrected chi connectivity index (χ1v) is 5.60. The third-order valence-electron chi connectivity index (χ3n) is 2.09. The van der Waals surface area contributed by atoms with E-state index in [0.717, 1.165) is 0 Å². The van der Waals surface area contributed by atoms with Gasteiger partial charge in [-0.3, -0.25) is 0 Å². The van der Waals surface area contributed by atoms with Crippen LogP contribution in [-0.2, 0) is 11.2 Å². The Kier molecular flexibility index (Phi) is 5.19. The first kappa shape index (κ1) is 13.4. The maximum atomic E-state index is 12.9. The van der Waals surface area contributed by atoms with E-state index in [2.05, 4.69) is 0 Å². The number of aliphatic hydroxyl groups excluding tert-OH is 1. The van der Waals surface area contributed by atoms with Crippen LogP contribution in [0.3, 0.4) is 0 Å². The van der Waals surface area contributed by atoms with E-state index in [0.29, 0.717) is 17.0 Å². The number of halogens is 2. The molecule has 0 aliphatic carbocycles. The summed E-state index contributed by atoms with van der Waals surface area (Å²) in [5.74, 6) is -0.351. The molecule has 2 nitrogen and oxygen atoms in total. The van der Waals surface area contributed by atoms with Crippen LogP contribution in [0.25, 0.3) is 0 Å². The molecule has 0 bridgehead atoms. The topological polar surface area (TPSA) is 29.5 Å². The second-order valence-corrected chi connectivity index (χ2v) is 4.38. The van der Waals surface area contributed by atoms with Gasteiger partial charge in [-0.05, 0) is 37.6 Å². The van der Waals surface area contributed by atoms with E-state index < -0.39 is 6.10 Å². The minimum Gasteiger partial charge on any atom is -0.390 e. The standard InChI is InChI=1S/C12H16ClFO2/c1-8(2)16-7-11(15)6-9-5-10(14)3-4-12(9)13/h3-5,8,11,15H,6-7H2,1-2H3. The summed E-state index contributed by atoms with van der Waals surface area (Å²) in [6.45, 7) is 4.01. The molecule has 0 spiro atoms. The molecule has 1 unspecified atom stereocenters. The van der Waals surface area contributed by atoms with Gasteiger partial charge in [0.05, 0.1) is 18.8 Å². The lowest BCUT2D eigenvalue weighted by Crippen LogP contribution is -2.20. The fourth-order valence-electron chi connectivity index (χ4n) is 1.32. The summed E-state index contributed by atoms with van der Waals surface area (Å²) in [4.78, 5) is 0. The fourth-order valence-corrected chi connectivity index (χ4v) is 1.51. The van der Waals surface area contributed by atoms with Crippen molar-refractivity contribution in [1.29, 1.82) is 0 Å². The number of ether oxygens (including phenoxy) is 1. The Hall–Kier alpha value is -0.640. The third-order valence-corrected chi connectivity index (χ3v) is 2.45. The predicted octanol–water partition coefficient (Wildman–Crippen LogP) is 2.81. The van der Waals surface area contributed by atoms with Gasteiger partial charge in [0, 0.05) is 11.4 Å². The van der Waals surface area contributed by atoms with Crippen molar-refractivity contribution in [3.63, 3.8) is 0 Å². The Bertz CT molecular complexity index is 342. The first-order chi connectivity index (χ1) is 7.49. The quantitative estimate of drug-likeness (QED) is 0.866. The Morgan fingerprint density at radius 3 is 2.75 bits per heavy atom. The van der Waals surface area contributed by atoms with Gasteiger partial charge in [0.1, 0.15) is 5.82 Å². The summed E-state index contributed by atoms with van der Waals surface area (Å²) >= 11 is 5.88. The molecule has 1 atom stereocenters. The van der Waals surface area contributed by atoms with Gasteiger partial charge >= 0.3 is 0 Å². The van der Waals surface area contributed by atoms with Gasteiger partial charge in [-0.25, -0.2) is 4.39 Å². The maximum absolute atomic E-state index is 12.9. The SMILES string of the molecule is CC(C)OCC(O)Cc1cc(F)ccc1Cl. The summed E-state index contributed by atoms with van der Waals surface area (Å²) in [5, 5.41) is 10.1. The normalized spacial score (nSPS) is 13.1. The minimum absolute atomic E-state index is 0.0673. The molecular weight excluding hydrogens is 231 g/mol. The average Bonchev–Trinajstić information content (AvgIpc) is 2.20. The molecule has 4 heteroatoms. The zero-order valence-electron chi connectivity index (χ0n) is 9.41. The summed E-state index contributed by atoms with van der Waals surface area (Å²) in [5.41, 5.74) is 0.599. The lowest BCUT2D eigenvalue weighted by Gasteiger charge is -2.14. The number of benzene rings is 1. The van der Waals surface area contributed by atoms with Crippen LogP contribution in [0.15, 0.2) is 18.2 Å². The second kappa shape index (κ2) is 6.18. The molecule has 1 aromatic rings. The first-order valence-electron chi connectivity index (χ1n) is 5.22. The molecule has 16 heavy (non-hydrogen) atoms. The van der Waals surface area contributed by atoms with E-state index in [-0.39, 0.29) is 18.5 Å². The van der Waals surface area contributed by atoms with Crippen LogP contribution in [0, 0.1) is 5.82 Å². The Morgan fingerprint density at radius 1 is 1.44 bits per heavy atom. The Morgan fingerprint density at radius 2 is 2.12 bits per heavy atom. The molecule has 1 aromatic carbocycles. The van der Waals surface area contributed by atoms with Gasteiger partial charge in [-0.2, -0.15) is 0 Å². The van der Waals surface area contributed by atoms with Gasteiger partial charge in [-0.1, -0.05) is 11.6 Å². The smallest absolute Gasteiger partial charge is 0.123 e.